The van der Waals surface area contributed by atoms with Crippen molar-refractivity contribution in [2.75, 3.05) is 24.6 Å². The summed E-state index contributed by atoms with van der Waals surface area (Å²) in [6.07, 6.45) is 0.359. The van der Waals surface area contributed by atoms with Crippen LogP contribution in [-0.4, -0.2) is 41.5 Å². The van der Waals surface area contributed by atoms with Gasteiger partial charge in [-0.25, -0.2) is 0 Å². The van der Waals surface area contributed by atoms with Gasteiger partial charge in [0.05, 0.1) is 11.0 Å². The minimum atomic E-state index is -0.996. The molecule has 1 aliphatic rings. The van der Waals surface area contributed by atoms with E-state index in [-0.39, 0.29) is 24.7 Å². The van der Waals surface area contributed by atoms with Crippen molar-refractivity contribution < 1.29 is 24.4 Å². The molecule has 9 nitrogen and oxygen atoms in total. The van der Waals surface area contributed by atoms with Crippen LogP contribution in [0.5, 0.6) is 5.75 Å². The molecule has 2 N–H and O–H groups in total. The Balaban J connectivity index is 1.47. The van der Waals surface area contributed by atoms with E-state index in [1.165, 1.54) is 24.3 Å². The average Bonchev–Trinajstić information content (AvgIpc) is 3.16. The van der Waals surface area contributed by atoms with Gasteiger partial charge >= 0.3 is 0 Å². The number of nitro benzene ring substituents is 1. The Morgan fingerprint density at radius 2 is 2.03 bits per heavy atom. The van der Waals surface area contributed by atoms with Crippen LogP contribution in [0.4, 0.5) is 11.4 Å². The minimum absolute atomic E-state index is 0.0533. The van der Waals surface area contributed by atoms with Crippen LogP contribution < -0.4 is 15.0 Å². The molecule has 0 radical (unpaired) electrons. The number of aliphatic hydroxyl groups is 1. The first kappa shape index (κ1) is 20.3. The lowest BCUT2D eigenvalue weighted by Crippen LogP contribution is -2.32. The molecule has 1 atom stereocenters. The van der Waals surface area contributed by atoms with E-state index in [2.05, 4.69) is 5.32 Å². The lowest BCUT2D eigenvalue weighted by atomic mass is 10.1. The quantitative estimate of drug-likeness (QED) is 0.517. The van der Waals surface area contributed by atoms with Crippen molar-refractivity contribution in [3.8, 4) is 5.75 Å². The molecule has 29 heavy (non-hydrogen) atoms. The summed E-state index contributed by atoms with van der Waals surface area (Å²) >= 11 is 0. The van der Waals surface area contributed by atoms with Crippen molar-refractivity contribution in [2.24, 2.45) is 0 Å². The van der Waals surface area contributed by atoms with E-state index in [1.54, 1.807) is 23.1 Å². The van der Waals surface area contributed by atoms with Gasteiger partial charge in [0.2, 0.25) is 5.91 Å². The Morgan fingerprint density at radius 3 is 2.69 bits per heavy atom. The molecule has 2 amide bonds. The summed E-state index contributed by atoms with van der Waals surface area (Å²) in [5, 5.41) is 23.3. The molecule has 0 aromatic heterocycles. The second kappa shape index (κ2) is 9.16. The molecular formula is C20H21N3O6. The predicted molar refractivity (Wildman–Crippen MR) is 105 cm³/mol. The van der Waals surface area contributed by atoms with Gasteiger partial charge in [0, 0.05) is 43.4 Å². The van der Waals surface area contributed by atoms with Gasteiger partial charge in [-0.2, -0.15) is 0 Å². The summed E-state index contributed by atoms with van der Waals surface area (Å²) in [5.41, 5.74) is 1.12. The van der Waals surface area contributed by atoms with Crippen molar-refractivity contribution >= 4 is 23.2 Å². The van der Waals surface area contributed by atoms with E-state index < -0.39 is 16.9 Å². The van der Waals surface area contributed by atoms with Crippen LogP contribution in [0, 0.1) is 10.1 Å². The summed E-state index contributed by atoms with van der Waals surface area (Å²) in [6.45, 7) is 0.371. The number of nitrogens with zero attached hydrogens (tertiary/aromatic N) is 2. The van der Waals surface area contributed by atoms with E-state index >= 15 is 0 Å². The number of nitrogens with one attached hydrogen (secondary N) is 1. The number of non-ortho nitro benzene ring substituents is 1. The van der Waals surface area contributed by atoms with E-state index in [4.69, 9.17) is 4.74 Å². The first-order chi connectivity index (χ1) is 13.9. The molecule has 1 unspecified atom stereocenters. The molecule has 3 rings (SSSR count). The largest absolute Gasteiger partial charge is 0.484 e. The monoisotopic (exact) mass is 399 g/mol. The highest BCUT2D eigenvalue weighted by molar-refractivity contribution is 5.95. The zero-order valence-corrected chi connectivity index (χ0v) is 15.6. The first-order valence-corrected chi connectivity index (χ1v) is 9.16. The summed E-state index contributed by atoms with van der Waals surface area (Å²) < 4.78 is 5.48. The first-order valence-electron chi connectivity index (χ1n) is 9.16. The van der Waals surface area contributed by atoms with E-state index in [0.29, 0.717) is 24.3 Å². The third kappa shape index (κ3) is 5.29. The lowest BCUT2D eigenvalue weighted by Gasteiger charge is -2.17. The lowest BCUT2D eigenvalue weighted by molar-refractivity contribution is -0.384. The van der Waals surface area contributed by atoms with Crippen molar-refractivity contribution in [1.82, 2.24) is 5.32 Å². The Hall–Kier alpha value is -3.46. The Kier molecular flexibility index (Phi) is 6.40. The van der Waals surface area contributed by atoms with Crippen molar-refractivity contribution in [1.29, 1.82) is 0 Å². The predicted octanol–water partition coefficient (Wildman–Crippen LogP) is 1.95. The maximum Gasteiger partial charge on any atom is 0.269 e. The van der Waals surface area contributed by atoms with Crippen LogP contribution in [0.1, 0.15) is 24.5 Å². The van der Waals surface area contributed by atoms with Crippen LogP contribution in [-0.2, 0) is 9.59 Å². The zero-order valence-electron chi connectivity index (χ0n) is 15.6. The van der Waals surface area contributed by atoms with Crippen LogP contribution in [0.3, 0.4) is 0 Å². The van der Waals surface area contributed by atoms with Crippen LogP contribution >= 0.6 is 0 Å². The third-order valence-corrected chi connectivity index (χ3v) is 4.55. The highest BCUT2D eigenvalue weighted by atomic mass is 16.6. The van der Waals surface area contributed by atoms with Crippen LogP contribution in [0.15, 0.2) is 48.5 Å². The van der Waals surface area contributed by atoms with Gasteiger partial charge in [0.1, 0.15) is 5.75 Å². The number of rotatable bonds is 8. The number of hydrogen-bond donors (Lipinski definition) is 2. The van der Waals surface area contributed by atoms with E-state index in [1.807, 2.05) is 6.07 Å². The SMILES string of the molecule is O=C(COc1cccc(N2CCCC2=O)c1)NCC(O)c1ccc([N+](=O)[O-])cc1. The van der Waals surface area contributed by atoms with Gasteiger partial charge in [-0.1, -0.05) is 6.07 Å². The third-order valence-electron chi connectivity index (χ3n) is 4.55. The Morgan fingerprint density at radius 1 is 1.28 bits per heavy atom. The fourth-order valence-corrected chi connectivity index (χ4v) is 3.01. The van der Waals surface area contributed by atoms with Gasteiger partial charge < -0.3 is 20.1 Å². The number of carbonyl (C=O) groups excluding carboxylic acids is 2. The fourth-order valence-electron chi connectivity index (χ4n) is 3.01. The standard InChI is InChI=1S/C20H21N3O6/c24-18(14-6-8-15(9-7-14)23(27)28)12-21-19(25)13-29-17-4-1-3-16(11-17)22-10-2-5-20(22)26/h1,3-4,6-9,11,18,24H,2,5,10,12-13H2,(H,21,25). The van der Waals surface area contributed by atoms with Gasteiger partial charge in [-0.05, 0) is 36.2 Å². The molecule has 152 valence electrons. The summed E-state index contributed by atoms with van der Waals surface area (Å²) in [7, 11) is 0. The molecule has 2 aromatic rings. The second-order valence-corrected chi connectivity index (χ2v) is 6.60. The maximum atomic E-state index is 12.0. The molecule has 2 aromatic carbocycles. The highest BCUT2D eigenvalue weighted by Crippen LogP contribution is 2.25. The maximum absolute atomic E-state index is 12.0. The summed E-state index contributed by atoms with van der Waals surface area (Å²) in [5.74, 6) is 0.113. The normalized spacial score (nSPS) is 14.5. The molecule has 0 aliphatic carbocycles. The number of hydrogen-bond acceptors (Lipinski definition) is 6. The molecule has 0 bridgehead atoms. The number of benzene rings is 2. The van der Waals surface area contributed by atoms with Crippen LogP contribution in [0.25, 0.3) is 0 Å². The number of aliphatic hydroxyl groups excluding tert-OH is 1. The molecule has 1 fully saturated rings. The molecule has 9 heteroatoms. The number of ether oxygens (including phenoxy) is 1. The van der Waals surface area contributed by atoms with Crippen molar-refractivity contribution in [2.45, 2.75) is 18.9 Å². The Labute approximate surface area is 167 Å². The zero-order chi connectivity index (χ0) is 20.8. The molecule has 1 heterocycles. The van der Waals surface area contributed by atoms with Gasteiger partial charge in [-0.3, -0.25) is 19.7 Å². The van der Waals surface area contributed by atoms with E-state index in [0.717, 1.165) is 12.1 Å². The van der Waals surface area contributed by atoms with Crippen LogP contribution in [0.2, 0.25) is 0 Å². The number of amides is 2. The second-order valence-electron chi connectivity index (χ2n) is 6.60. The molecular weight excluding hydrogens is 378 g/mol. The van der Waals surface area contributed by atoms with Crippen molar-refractivity contribution in [3.05, 3.63) is 64.2 Å². The Bertz CT molecular complexity index is 899. The van der Waals surface area contributed by atoms with Gasteiger partial charge in [0.15, 0.2) is 6.61 Å². The van der Waals surface area contributed by atoms with E-state index in [9.17, 15) is 24.8 Å². The average molecular weight is 399 g/mol. The van der Waals surface area contributed by atoms with Crippen molar-refractivity contribution in [3.63, 3.8) is 0 Å². The number of anilines is 1. The fraction of sp³-hybridized carbons (Fsp3) is 0.300. The minimum Gasteiger partial charge on any atom is -0.484 e. The summed E-state index contributed by atoms with van der Waals surface area (Å²) in [4.78, 5) is 35.6. The van der Waals surface area contributed by atoms with Gasteiger partial charge in [0.25, 0.3) is 11.6 Å². The summed E-state index contributed by atoms with van der Waals surface area (Å²) in [6, 6.07) is 12.4. The topological polar surface area (TPSA) is 122 Å². The molecule has 1 aliphatic heterocycles. The molecule has 0 spiro atoms. The highest BCUT2D eigenvalue weighted by Gasteiger charge is 2.22. The smallest absolute Gasteiger partial charge is 0.269 e. The molecule has 0 saturated carbocycles. The molecule has 1 saturated heterocycles. The number of nitro groups is 1. The number of carbonyl (C=O) groups is 2. The van der Waals surface area contributed by atoms with Gasteiger partial charge in [-0.15, -0.1) is 0 Å².